The SMILES string of the molecule is CCCNC(CC)c1ccccc1OCC(C)CCC. The van der Waals surface area contributed by atoms with Gasteiger partial charge in [0.1, 0.15) is 5.75 Å². The highest BCUT2D eigenvalue weighted by Crippen LogP contribution is 2.27. The van der Waals surface area contributed by atoms with Crippen molar-refractivity contribution in [2.75, 3.05) is 13.2 Å². The van der Waals surface area contributed by atoms with E-state index >= 15 is 0 Å². The largest absolute Gasteiger partial charge is 0.493 e. The summed E-state index contributed by atoms with van der Waals surface area (Å²) in [5.41, 5.74) is 1.30. The Bertz CT molecular complexity index is 364. The molecule has 0 aliphatic heterocycles. The number of hydrogen-bond donors (Lipinski definition) is 1. The van der Waals surface area contributed by atoms with E-state index < -0.39 is 0 Å². The van der Waals surface area contributed by atoms with Crippen LogP contribution < -0.4 is 10.1 Å². The molecule has 2 nitrogen and oxygen atoms in total. The molecule has 20 heavy (non-hydrogen) atoms. The minimum atomic E-state index is 0.396. The van der Waals surface area contributed by atoms with Crippen LogP contribution in [0.3, 0.4) is 0 Å². The highest BCUT2D eigenvalue weighted by Gasteiger charge is 2.14. The monoisotopic (exact) mass is 277 g/mol. The van der Waals surface area contributed by atoms with Crippen molar-refractivity contribution in [3.05, 3.63) is 29.8 Å². The van der Waals surface area contributed by atoms with E-state index in [2.05, 4.69) is 57.3 Å². The van der Waals surface area contributed by atoms with Gasteiger partial charge in [-0.05, 0) is 37.8 Å². The van der Waals surface area contributed by atoms with Gasteiger partial charge in [-0.3, -0.25) is 0 Å². The summed E-state index contributed by atoms with van der Waals surface area (Å²) in [7, 11) is 0. The average molecular weight is 277 g/mol. The third-order valence-electron chi connectivity index (χ3n) is 3.65. The predicted octanol–water partition coefficient (Wildman–Crippen LogP) is 4.95. The summed E-state index contributed by atoms with van der Waals surface area (Å²) in [6, 6.07) is 8.86. The van der Waals surface area contributed by atoms with Crippen molar-refractivity contribution in [3.63, 3.8) is 0 Å². The third kappa shape index (κ3) is 5.54. The zero-order valence-corrected chi connectivity index (χ0v) is 13.6. The Morgan fingerprint density at radius 1 is 1.10 bits per heavy atom. The lowest BCUT2D eigenvalue weighted by Crippen LogP contribution is -2.22. The molecule has 1 N–H and O–H groups in total. The topological polar surface area (TPSA) is 21.3 Å². The fourth-order valence-electron chi connectivity index (χ4n) is 2.50. The van der Waals surface area contributed by atoms with Crippen LogP contribution in [-0.2, 0) is 0 Å². The maximum absolute atomic E-state index is 6.07. The standard InChI is InChI=1S/C18H31NO/c1-5-10-15(4)14-20-18-12-9-8-11-16(18)17(7-3)19-13-6-2/h8-9,11-12,15,17,19H,5-7,10,13-14H2,1-4H3. The Morgan fingerprint density at radius 2 is 1.85 bits per heavy atom. The fraction of sp³-hybridized carbons (Fsp3) is 0.667. The number of rotatable bonds is 10. The second-order valence-electron chi connectivity index (χ2n) is 5.66. The zero-order valence-electron chi connectivity index (χ0n) is 13.6. The van der Waals surface area contributed by atoms with Crippen molar-refractivity contribution in [1.82, 2.24) is 5.32 Å². The molecule has 1 rings (SSSR count). The van der Waals surface area contributed by atoms with Crippen LogP contribution in [0.2, 0.25) is 0 Å². The van der Waals surface area contributed by atoms with Crippen molar-refractivity contribution >= 4 is 0 Å². The molecular weight excluding hydrogens is 246 g/mol. The minimum Gasteiger partial charge on any atom is -0.493 e. The van der Waals surface area contributed by atoms with Crippen molar-refractivity contribution in [2.45, 2.75) is 59.4 Å². The van der Waals surface area contributed by atoms with Crippen molar-refractivity contribution in [2.24, 2.45) is 5.92 Å². The van der Waals surface area contributed by atoms with E-state index in [1.165, 1.54) is 18.4 Å². The molecule has 2 heteroatoms. The van der Waals surface area contributed by atoms with Crippen molar-refractivity contribution in [1.29, 1.82) is 0 Å². The van der Waals surface area contributed by atoms with Gasteiger partial charge < -0.3 is 10.1 Å². The summed E-state index contributed by atoms with van der Waals surface area (Å²) in [4.78, 5) is 0. The highest BCUT2D eigenvalue weighted by atomic mass is 16.5. The number of para-hydroxylation sites is 1. The minimum absolute atomic E-state index is 0.396. The molecule has 2 atom stereocenters. The van der Waals surface area contributed by atoms with Crippen LogP contribution in [0.25, 0.3) is 0 Å². The molecule has 0 amide bonds. The molecule has 0 radical (unpaired) electrons. The molecular formula is C18H31NO. The van der Waals surface area contributed by atoms with Gasteiger partial charge in [-0.25, -0.2) is 0 Å². The van der Waals surface area contributed by atoms with Gasteiger partial charge in [0.15, 0.2) is 0 Å². The summed E-state index contributed by atoms with van der Waals surface area (Å²) < 4.78 is 6.07. The zero-order chi connectivity index (χ0) is 14.8. The lowest BCUT2D eigenvalue weighted by molar-refractivity contribution is 0.247. The lowest BCUT2D eigenvalue weighted by atomic mass is 10.0. The van der Waals surface area contributed by atoms with E-state index in [1.807, 2.05) is 0 Å². The first kappa shape index (κ1) is 17.0. The summed E-state index contributed by atoms with van der Waals surface area (Å²) in [5.74, 6) is 1.67. The smallest absolute Gasteiger partial charge is 0.124 e. The molecule has 0 aromatic heterocycles. The van der Waals surface area contributed by atoms with E-state index in [0.29, 0.717) is 12.0 Å². The molecule has 0 saturated carbocycles. The van der Waals surface area contributed by atoms with Crippen LogP contribution in [-0.4, -0.2) is 13.2 Å². The van der Waals surface area contributed by atoms with Gasteiger partial charge in [-0.15, -0.1) is 0 Å². The molecule has 1 aromatic rings. The van der Waals surface area contributed by atoms with Gasteiger partial charge in [0.25, 0.3) is 0 Å². The van der Waals surface area contributed by atoms with Crippen LogP contribution in [0.1, 0.15) is 65.0 Å². The third-order valence-corrected chi connectivity index (χ3v) is 3.65. The number of nitrogens with one attached hydrogen (secondary N) is 1. The molecule has 0 aliphatic carbocycles. The van der Waals surface area contributed by atoms with Crippen LogP contribution in [0.5, 0.6) is 5.75 Å². The Hall–Kier alpha value is -1.02. The maximum atomic E-state index is 6.07. The fourth-order valence-corrected chi connectivity index (χ4v) is 2.50. The van der Waals surface area contributed by atoms with Gasteiger partial charge in [0.05, 0.1) is 6.61 Å². The Labute approximate surface area is 124 Å². The van der Waals surface area contributed by atoms with E-state index in [9.17, 15) is 0 Å². The molecule has 114 valence electrons. The van der Waals surface area contributed by atoms with Crippen molar-refractivity contribution < 1.29 is 4.74 Å². The first-order valence-electron chi connectivity index (χ1n) is 8.17. The molecule has 0 heterocycles. The summed E-state index contributed by atoms with van der Waals surface area (Å²) in [6.45, 7) is 10.8. The van der Waals surface area contributed by atoms with Crippen molar-refractivity contribution in [3.8, 4) is 5.75 Å². The Balaban J connectivity index is 2.70. The van der Waals surface area contributed by atoms with Gasteiger partial charge in [0.2, 0.25) is 0 Å². The lowest BCUT2D eigenvalue weighted by Gasteiger charge is -2.21. The summed E-state index contributed by atoms with van der Waals surface area (Å²) >= 11 is 0. The van der Waals surface area contributed by atoms with Crippen LogP contribution in [0.15, 0.2) is 24.3 Å². The summed E-state index contributed by atoms with van der Waals surface area (Å²) in [6.07, 6.45) is 4.70. The van der Waals surface area contributed by atoms with Crippen LogP contribution in [0, 0.1) is 5.92 Å². The molecule has 0 saturated heterocycles. The van der Waals surface area contributed by atoms with E-state index in [0.717, 1.165) is 31.7 Å². The molecule has 1 aromatic carbocycles. The van der Waals surface area contributed by atoms with Gasteiger partial charge >= 0.3 is 0 Å². The van der Waals surface area contributed by atoms with Crippen LogP contribution >= 0.6 is 0 Å². The van der Waals surface area contributed by atoms with Gasteiger partial charge in [-0.2, -0.15) is 0 Å². The van der Waals surface area contributed by atoms with E-state index in [1.54, 1.807) is 0 Å². The van der Waals surface area contributed by atoms with Gasteiger partial charge in [0, 0.05) is 11.6 Å². The molecule has 0 fully saturated rings. The molecule has 0 spiro atoms. The molecule has 0 aliphatic rings. The first-order valence-corrected chi connectivity index (χ1v) is 8.17. The molecule has 2 unspecified atom stereocenters. The van der Waals surface area contributed by atoms with E-state index in [-0.39, 0.29) is 0 Å². The van der Waals surface area contributed by atoms with Gasteiger partial charge in [-0.1, -0.05) is 52.3 Å². The number of hydrogen-bond acceptors (Lipinski definition) is 2. The maximum Gasteiger partial charge on any atom is 0.124 e. The van der Waals surface area contributed by atoms with Crippen LogP contribution in [0.4, 0.5) is 0 Å². The van der Waals surface area contributed by atoms with E-state index in [4.69, 9.17) is 4.74 Å². The Morgan fingerprint density at radius 3 is 2.50 bits per heavy atom. The average Bonchev–Trinajstić information content (AvgIpc) is 2.47. The number of benzene rings is 1. The summed E-state index contributed by atoms with van der Waals surface area (Å²) in [5, 5.41) is 3.61. The Kier molecular flexibility index (Phi) is 8.36. The second-order valence-corrected chi connectivity index (χ2v) is 5.66. The normalized spacial score (nSPS) is 14.0. The molecule has 0 bridgehead atoms. The number of ether oxygens (including phenoxy) is 1. The second kappa shape index (κ2) is 9.82. The first-order chi connectivity index (χ1) is 9.72. The highest BCUT2D eigenvalue weighted by molar-refractivity contribution is 5.36. The predicted molar refractivity (Wildman–Crippen MR) is 87.3 cm³/mol. The quantitative estimate of drug-likeness (QED) is 0.653.